The van der Waals surface area contributed by atoms with Crippen molar-refractivity contribution in [1.29, 1.82) is 0 Å². The summed E-state index contributed by atoms with van der Waals surface area (Å²) in [5, 5.41) is 11.9. The first-order chi connectivity index (χ1) is 6.35. The highest BCUT2D eigenvalue weighted by atomic mass is 16.3. The zero-order valence-electron chi connectivity index (χ0n) is 9.92. The van der Waals surface area contributed by atoms with E-state index in [1.165, 1.54) is 0 Å². The van der Waals surface area contributed by atoms with Crippen LogP contribution in [-0.4, -0.2) is 23.7 Å². The first-order valence-corrected chi connectivity index (χ1v) is 5.27. The van der Waals surface area contributed by atoms with E-state index in [1.54, 1.807) is 0 Å². The Labute approximate surface area is 86.9 Å². The van der Waals surface area contributed by atoms with Gasteiger partial charge < -0.3 is 10.4 Å². The lowest BCUT2D eigenvalue weighted by Gasteiger charge is -2.27. The topological polar surface area (TPSA) is 49.3 Å². The Bertz CT molecular complexity index is 188. The van der Waals surface area contributed by atoms with Crippen molar-refractivity contribution < 1.29 is 9.90 Å². The van der Waals surface area contributed by atoms with Gasteiger partial charge in [-0.15, -0.1) is 0 Å². The molecule has 0 aliphatic heterocycles. The van der Waals surface area contributed by atoms with Gasteiger partial charge in [0.1, 0.15) is 0 Å². The fourth-order valence-corrected chi connectivity index (χ4v) is 0.947. The molecule has 0 aliphatic carbocycles. The second-order valence-electron chi connectivity index (χ2n) is 4.74. The van der Waals surface area contributed by atoms with E-state index in [4.69, 9.17) is 5.11 Å². The van der Waals surface area contributed by atoms with Gasteiger partial charge in [0.15, 0.2) is 0 Å². The Morgan fingerprint density at radius 3 is 2.21 bits per heavy atom. The molecule has 0 aliphatic rings. The SMILES string of the molecule is CCC(C)(C)C(=O)N[C@H](CO)C(C)C. The average Bonchev–Trinajstić information content (AvgIpc) is 2.12. The Morgan fingerprint density at radius 1 is 1.43 bits per heavy atom. The van der Waals surface area contributed by atoms with E-state index >= 15 is 0 Å². The normalized spacial score (nSPS) is 14.2. The molecule has 0 rings (SSSR count). The van der Waals surface area contributed by atoms with E-state index < -0.39 is 0 Å². The molecular formula is C11H23NO2. The van der Waals surface area contributed by atoms with Gasteiger partial charge in [0.2, 0.25) is 5.91 Å². The van der Waals surface area contributed by atoms with Crippen LogP contribution in [0, 0.1) is 11.3 Å². The predicted octanol–water partition coefficient (Wildman–Crippen LogP) is 1.56. The number of amides is 1. The molecule has 0 bridgehead atoms. The lowest BCUT2D eigenvalue weighted by molar-refractivity contribution is -0.130. The van der Waals surface area contributed by atoms with Gasteiger partial charge in [-0.05, 0) is 12.3 Å². The Morgan fingerprint density at radius 2 is 1.93 bits per heavy atom. The summed E-state index contributed by atoms with van der Waals surface area (Å²) in [6.45, 7) is 9.79. The van der Waals surface area contributed by atoms with Crippen molar-refractivity contribution >= 4 is 5.91 Å². The summed E-state index contributed by atoms with van der Waals surface area (Å²) in [4.78, 5) is 11.7. The lowest BCUT2D eigenvalue weighted by atomic mass is 9.88. The van der Waals surface area contributed by atoms with E-state index in [1.807, 2.05) is 34.6 Å². The van der Waals surface area contributed by atoms with Gasteiger partial charge in [-0.1, -0.05) is 34.6 Å². The molecule has 14 heavy (non-hydrogen) atoms. The molecule has 0 aromatic carbocycles. The van der Waals surface area contributed by atoms with Crippen LogP contribution >= 0.6 is 0 Å². The summed E-state index contributed by atoms with van der Waals surface area (Å²) >= 11 is 0. The first kappa shape index (κ1) is 13.4. The van der Waals surface area contributed by atoms with Gasteiger partial charge in [0, 0.05) is 5.41 Å². The fourth-order valence-electron chi connectivity index (χ4n) is 0.947. The Balaban J connectivity index is 4.30. The van der Waals surface area contributed by atoms with Crippen molar-refractivity contribution in [2.24, 2.45) is 11.3 Å². The molecule has 3 heteroatoms. The summed E-state index contributed by atoms with van der Waals surface area (Å²) in [5.41, 5.74) is -0.345. The molecule has 0 fully saturated rings. The fraction of sp³-hybridized carbons (Fsp3) is 0.909. The van der Waals surface area contributed by atoms with Crippen molar-refractivity contribution in [3.63, 3.8) is 0 Å². The summed E-state index contributed by atoms with van der Waals surface area (Å²) in [7, 11) is 0. The monoisotopic (exact) mass is 201 g/mol. The van der Waals surface area contributed by atoms with E-state index in [9.17, 15) is 4.79 Å². The molecule has 0 heterocycles. The van der Waals surface area contributed by atoms with Gasteiger partial charge >= 0.3 is 0 Å². The predicted molar refractivity (Wildman–Crippen MR) is 57.9 cm³/mol. The minimum absolute atomic E-state index is 0.00318. The van der Waals surface area contributed by atoms with E-state index in [-0.39, 0.29) is 29.9 Å². The van der Waals surface area contributed by atoms with Gasteiger partial charge in [-0.25, -0.2) is 0 Å². The minimum Gasteiger partial charge on any atom is -0.394 e. The van der Waals surface area contributed by atoms with Crippen LogP contribution in [0.3, 0.4) is 0 Å². The number of rotatable bonds is 5. The van der Waals surface area contributed by atoms with Gasteiger partial charge in [-0.2, -0.15) is 0 Å². The van der Waals surface area contributed by atoms with Crippen LogP contribution in [0.5, 0.6) is 0 Å². The third kappa shape index (κ3) is 3.66. The smallest absolute Gasteiger partial charge is 0.225 e. The first-order valence-electron chi connectivity index (χ1n) is 5.27. The number of hydrogen-bond acceptors (Lipinski definition) is 2. The maximum Gasteiger partial charge on any atom is 0.225 e. The molecule has 0 unspecified atom stereocenters. The highest BCUT2D eigenvalue weighted by molar-refractivity contribution is 5.82. The van der Waals surface area contributed by atoms with Crippen LogP contribution in [0.4, 0.5) is 0 Å². The van der Waals surface area contributed by atoms with Crippen LogP contribution in [0.25, 0.3) is 0 Å². The number of carbonyl (C=O) groups excluding carboxylic acids is 1. The van der Waals surface area contributed by atoms with Crippen molar-refractivity contribution in [2.75, 3.05) is 6.61 Å². The molecule has 0 saturated carbocycles. The molecule has 1 amide bonds. The van der Waals surface area contributed by atoms with Crippen LogP contribution in [-0.2, 0) is 4.79 Å². The van der Waals surface area contributed by atoms with Crippen molar-refractivity contribution in [3.05, 3.63) is 0 Å². The Kier molecular flexibility index (Phi) is 5.13. The standard InChI is InChI=1S/C11H23NO2/c1-6-11(4,5)10(14)12-9(7-13)8(2)3/h8-9,13H,6-7H2,1-5H3,(H,12,14)/t9-/m1/s1. The molecule has 0 radical (unpaired) electrons. The molecule has 0 spiro atoms. The molecule has 2 N–H and O–H groups in total. The highest BCUT2D eigenvalue weighted by Gasteiger charge is 2.27. The lowest BCUT2D eigenvalue weighted by Crippen LogP contribution is -2.46. The van der Waals surface area contributed by atoms with Crippen molar-refractivity contribution in [3.8, 4) is 0 Å². The van der Waals surface area contributed by atoms with Gasteiger partial charge in [-0.3, -0.25) is 4.79 Å². The van der Waals surface area contributed by atoms with Crippen LogP contribution in [0.1, 0.15) is 41.0 Å². The highest BCUT2D eigenvalue weighted by Crippen LogP contribution is 2.20. The van der Waals surface area contributed by atoms with Gasteiger partial charge in [0.25, 0.3) is 0 Å². The Hall–Kier alpha value is -0.570. The zero-order valence-corrected chi connectivity index (χ0v) is 9.92. The van der Waals surface area contributed by atoms with Crippen molar-refractivity contribution in [2.45, 2.75) is 47.1 Å². The van der Waals surface area contributed by atoms with E-state index in [2.05, 4.69) is 5.32 Å². The number of aliphatic hydroxyl groups is 1. The third-order valence-electron chi connectivity index (χ3n) is 2.82. The summed E-state index contributed by atoms with van der Waals surface area (Å²) in [6.07, 6.45) is 0.801. The average molecular weight is 201 g/mol. The molecule has 0 aromatic rings. The van der Waals surface area contributed by atoms with Crippen LogP contribution in [0.15, 0.2) is 0 Å². The second-order valence-corrected chi connectivity index (χ2v) is 4.74. The van der Waals surface area contributed by atoms with Gasteiger partial charge in [0.05, 0.1) is 12.6 Å². The number of carbonyl (C=O) groups is 1. The second kappa shape index (κ2) is 5.35. The summed E-state index contributed by atoms with van der Waals surface area (Å²) in [6, 6.07) is -0.131. The molecule has 0 saturated heterocycles. The maximum absolute atomic E-state index is 11.7. The van der Waals surface area contributed by atoms with E-state index in [0.29, 0.717) is 0 Å². The molecule has 0 aromatic heterocycles. The minimum atomic E-state index is -0.345. The van der Waals surface area contributed by atoms with E-state index in [0.717, 1.165) is 6.42 Å². The molecule has 3 nitrogen and oxygen atoms in total. The summed E-state index contributed by atoms with van der Waals surface area (Å²) < 4.78 is 0. The molecule has 84 valence electrons. The quantitative estimate of drug-likeness (QED) is 0.709. The number of hydrogen-bond donors (Lipinski definition) is 2. The van der Waals surface area contributed by atoms with Crippen LogP contribution < -0.4 is 5.32 Å². The van der Waals surface area contributed by atoms with Crippen molar-refractivity contribution in [1.82, 2.24) is 5.32 Å². The number of aliphatic hydroxyl groups excluding tert-OH is 1. The zero-order chi connectivity index (χ0) is 11.4. The maximum atomic E-state index is 11.7. The molecular weight excluding hydrogens is 178 g/mol. The molecule has 1 atom stereocenters. The van der Waals surface area contributed by atoms with Crippen LogP contribution in [0.2, 0.25) is 0 Å². The summed E-state index contributed by atoms with van der Waals surface area (Å²) in [5.74, 6) is 0.282. The largest absolute Gasteiger partial charge is 0.394 e. The number of nitrogens with one attached hydrogen (secondary N) is 1. The third-order valence-corrected chi connectivity index (χ3v) is 2.82.